The molecular formula is C19H21NO5S. The number of ether oxygens (including phenoxy) is 2. The first-order valence-corrected chi connectivity index (χ1v) is 9.28. The second kappa shape index (κ2) is 8.84. The number of anilines is 1. The van der Waals surface area contributed by atoms with E-state index in [0.717, 1.165) is 4.88 Å². The zero-order valence-corrected chi connectivity index (χ0v) is 14.9. The third-order valence-corrected chi connectivity index (χ3v) is 4.90. The Balaban J connectivity index is 1.74. The average Bonchev–Trinajstić information content (AvgIpc) is 3.16. The molecule has 1 aromatic heterocycles. The number of nitrogens with one attached hydrogen (secondary N) is 1. The normalized spacial score (nSPS) is 19.5. The molecule has 7 heteroatoms. The number of allylic oxidation sites excluding steroid dienone is 1. The van der Waals surface area contributed by atoms with Crippen LogP contribution >= 0.6 is 11.3 Å². The number of phenols is 1. The zero-order chi connectivity index (χ0) is 18.4. The molecule has 3 rings (SSSR count). The first-order valence-electron chi connectivity index (χ1n) is 8.40. The minimum Gasteiger partial charge on any atom is -0.508 e. The van der Waals surface area contributed by atoms with Gasteiger partial charge in [0.05, 0.1) is 6.61 Å². The van der Waals surface area contributed by atoms with Crippen molar-refractivity contribution >= 4 is 22.9 Å². The molecule has 0 saturated carbocycles. The largest absolute Gasteiger partial charge is 0.508 e. The number of aliphatic hydroxyl groups excluding tert-OH is 1. The van der Waals surface area contributed by atoms with Crippen molar-refractivity contribution in [3.63, 3.8) is 0 Å². The Morgan fingerprint density at radius 2 is 2.23 bits per heavy atom. The molecule has 3 N–H and O–H groups in total. The minimum atomic E-state index is -0.552. The number of thiophene rings is 1. The van der Waals surface area contributed by atoms with Gasteiger partial charge in [0.15, 0.2) is 5.76 Å². The van der Waals surface area contributed by atoms with E-state index >= 15 is 0 Å². The fourth-order valence-electron chi connectivity index (χ4n) is 2.67. The quantitative estimate of drug-likeness (QED) is 0.647. The van der Waals surface area contributed by atoms with E-state index in [0.29, 0.717) is 25.1 Å². The fourth-order valence-corrected chi connectivity index (χ4v) is 3.49. The Kier molecular flexibility index (Phi) is 6.27. The summed E-state index contributed by atoms with van der Waals surface area (Å²) in [5.74, 6) is -0.115. The van der Waals surface area contributed by atoms with Crippen molar-refractivity contribution in [3.8, 4) is 5.75 Å². The highest BCUT2D eigenvalue weighted by molar-refractivity contribution is 7.10. The molecule has 6 nitrogen and oxygen atoms in total. The number of carbonyl (C=O) groups is 1. The summed E-state index contributed by atoms with van der Waals surface area (Å²) in [5.41, 5.74) is 0.482. The van der Waals surface area contributed by atoms with Gasteiger partial charge in [-0.05, 0) is 36.1 Å². The van der Waals surface area contributed by atoms with Crippen molar-refractivity contribution in [2.75, 3.05) is 18.5 Å². The van der Waals surface area contributed by atoms with Gasteiger partial charge in [0.2, 0.25) is 6.29 Å². The predicted octanol–water partition coefficient (Wildman–Crippen LogP) is 3.21. The highest BCUT2D eigenvalue weighted by Gasteiger charge is 2.29. The van der Waals surface area contributed by atoms with Gasteiger partial charge in [0.25, 0.3) is 5.91 Å². The Morgan fingerprint density at radius 3 is 2.96 bits per heavy atom. The van der Waals surface area contributed by atoms with Crippen LogP contribution in [0, 0.1) is 0 Å². The number of aliphatic hydroxyl groups is 1. The number of amides is 1. The van der Waals surface area contributed by atoms with E-state index in [4.69, 9.17) is 14.6 Å². The molecule has 0 unspecified atom stereocenters. The van der Waals surface area contributed by atoms with E-state index < -0.39 is 12.2 Å². The molecule has 138 valence electrons. The summed E-state index contributed by atoms with van der Waals surface area (Å²) in [6, 6.07) is 10.3. The summed E-state index contributed by atoms with van der Waals surface area (Å²) in [4.78, 5) is 13.7. The lowest BCUT2D eigenvalue weighted by molar-refractivity contribution is -0.144. The van der Waals surface area contributed by atoms with E-state index in [2.05, 4.69) is 5.32 Å². The maximum absolute atomic E-state index is 12.6. The molecule has 0 aliphatic carbocycles. The summed E-state index contributed by atoms with van der Waals surface area (Å²) in [5, 5.41) is 23.2. The third kappa shape index (κ3) is 4.85. The molecule has 26 heavy (non-hydrogen) atoms. The second-order valence-electron chi connectivity index (χ2n) is 5.89. The lowest BCUT2D eigenvalue weighted by atomic mass is 9.99. The van der Waals surface area contributed by atoms with Crippen molar-refractivity contribution in [3.05, 3.63) is 58.5 Å². The smallest absolute Gasteiger partial charge is 0.290 e. The van der Waals surface area contributed by atoms with Gasteiger partial charge in [-0.15, -0.1) is 11.3 Å². The van der Waals surface area contributed by atoms with Gasteiger partial charge in [-0.25, -0.2) is 0 Å². The summed E-state index contributed by atoms with van der Waals surface area (Å²) in [6.07, 6.45) is 2.37. The van der Waals surface area contributed by atoms with E-state index in [1.54, 1.807) is 29.5 Å². The van der Waals surface area contributed by atoms with Crippen LogP contribution < -0.4 is 5.32 Å². The maximum Gasteiger partial charge on any atom is 0.290 e. The van der Waals surface area contributed by atoms with E-state index in [1.807, 2.05) is 17.5 Å². The molecule has 1 amide bonds. The second-order valence-corrected chi connectivity index (χ2v) is 6.87. The van der Waals surface area contributed by atoms with Crippen LogP contribution in [-0.2, 0) is 14.3 Å². The molecule has 1 aliphatic rings. The molecule has 0 bridgehead atoms. The summed E-state index contributed by atoms with van der Waals surface area (Å²) < 4.78 is 11.4. The Hall–Kier alpha value is -2.35. The summed E-state index contributed by atoms with van der Waals surface area (Å²) in [6.45, 7) is 0.404. The standard InChI is InChI=1S/C19H21NO5S/c21-7-3-8-24-18-11-13(17-6-2-9-26-17)10-16(25-18)19(23)20-14-4-1-5-15(22)12-14/h1-2,4-6,9-10,12-13,18,21-22H,3,7-8,11H2,(H,20,23)/t13-,18+/m1/s1. The van der Waals surface area contributed by atoms with Crippen LogP contribution in [0.1, 0.15) is 23.6 Å². The predicted molar refractivity (Wildman–Crippen MR) is 99.0 cm³/mol. The average molecular weight is 375 g/mol. The van der Waals surface area contributed by atoms with Gasteiger partial charge in [0.1, 0.15) is 5.75 Å². The zero-order valence-electron chi connectivity index (χ0n) is 14.1. The Labute approximate surface area is 155 Å². The van der Waals surface area contributed by atoms with Gasteiger partial charge in [-0.1, -0.05) is 12.1 Å². The van der Waals surface area contributed by atoms with Gasteiger partial charge in [0, 0.05) is 35.6 Å². The molecule has 0 radical (unpaired) electrons. The van der Waals surface area contributed by atoms with Crippen LogP contribution in [0.4, 0.5) is 5.69 Å². The van der Waals surface area contributed by atoms with E-state index in [-0.39, 0.29) is 24.0 Å². The molecule has 2 atom stereocenters. The molecule has 1 aromatic carbocycles. The minimum absolute atomic E-state index is 0.0211. The van der Waals surface area contributed by atoms with Crippen molar-refractivity contribution in [1.29, 1.82) is 0 Å². The van der Waals surface area contributed by atoms with Gasteiger partial charge >= 0.3 is 0 Å². The van der Waals surface area contributed by atoms with Crippen molar-refractivity contribution in [2.24, 2.45) is 0 Å². The van der Waals surface area contributed by atoms with E-state index in [9.17, 15) is 9.90 Å². The molecule has 0 saturated heterocycles. The lowest BCUT2D eigenvalue weighted by Gasteiger charge is -2.28. The molecule has 0 fully saturated rings. The first kappa shape index (κ1) is 18.4. The number of aromatic hydroxyl groups is 1. The van der Waals surface area contributed by atoms with Gasteiger partial charge in [-0.2, -0.15) is 0 Å². The first-order chi connectivity index (χ1) is 12.7. The van der Waals surface area contributed by atoms with Crippen LogP contribution in [0.25, 0.3) is 0 Å². The number of benzene rings is 1. The van der Waals surface area contributed by atoms with Crippen LogP contribution in [0.3, 0.4) is 0 Å². The molecule has 0 spiro atoms. The number of carbonyl (C=O) groups excluding carboxylic acids is 1. The van der Waals surface area contributed by atoms with Gasteiger partial charge in [-0.3, -0.25) is 4.79 Å². The van der Waals surface area contributed by atoms with Crippen molar-refractivity contribution < 1.29 is 24.5 Å². The SMILES string of the molecule is O=C(Nc1cccc(O)c1)C1=C[C@@H](c2cccs2)C[C@@H](OCCCO)O1. The fraction of sp³-hybridized carbons (Fsp3) is 0.316. The topological polar surface area (TPSA) is 88.0 Å². The van der Waals surface area contributed by atoms with Crippen LogP contribution in [-0.4, -0.2) is 35.6 Å². The van der Waals surface area contributed by atoms with Crippen LogP contribution in [0.5, 0.6) is 5.75 Å². The highest BCUT2D eigenvalue weighted by Crippen LogP contribution is 2.34. The number of hydrogen-bond acceptors (Lipinski definition) is 6. The lowest BCUT2D eigenvalue weighted by Crippen LogP contribution is -2.29. The molecule has 2 heterocycles. The number of phenolic OH excluding ortho intramolecular Hbond substituents is 1. The Bertz CT molecular complexity index is 759. The molecular weight excluding hydrogens is 354 g/mol. The monoisotopic (exact) mass is 375 g/mol. The Morgan fingerprint density at radius 1 is 1.35 bits per heavy atom. The van der Waals surface area contributed by atoms with Crippen LogP contribution in [0.15, 0.2) is 53.6 Å². The van der Waals surface area contributed by atoms with E-state index in [1.165, 1.54) is 12.1 Å². The van der Waals surface area contributed by atoms with Crippen molar-refractivity contribution in [1.82, 2.24) is 0 Å². The van der Waals surface area contributed by atoms with Gasteiger partial charge < -0.3 is 25.0 Å². The number of hydrogen-bond donors (Lipinski definition) is 3. The highest BCUT2D eigenvalue weighted by atomic mass is 32.1. The van der Waals surface area contributed by atoms with Crippen molar-refractivity contribution in [2.45, 2.75) is 25.0 Å². The molecule has 1 aliphatic heterocycles. The third-order valence-electron chi connectivity index (χ3n) is 3.90. The summed E-state index contributed by atoms with van der Waals surface area (Å²) in [7, 11) is 0. The maximum atomic E-state index is 12.6. The summed E-state index contributed by atoms with van der Waals surface area (Å²) >= 11 is 1.62. The molecule has 2 aromatic rings. The number of rotatable bonds is 7. The van der Waals surface area contributed by atoms with Crippen LogP contribution in [0.2, 0.25) is 0 Å².